The number of esters is 10. The maximum Gasteiger partial charge on any atom is 0.338 e. The summed E-state index contributed by atoms with van der Waals surface area (Å²) in [6, 6.07) is 52.3. The van der Waals surface area contributed by atoms with Crippen LogP contribution in [0, 0.1) is 0 Å². The summed E-state index contributed by atoms with van der Waals surface area (Å²) in [5.74, 6) is -10.4. The Bertz CT molecular complexity index is 3900. The van der Waals surface area contributed by atoms with Crippen molar-refractivity contribution in [2.45, 2.75) is 113 Å². The fourth-order valence-electron chi connectivity index (χ4n) is 10.9. The fraction of sp³-hybridized carbons (Fsp3) is 0.288. The van der Waals surface area contributed by atoms with Crippen LogP contribution in [0.5, 0.6) is 0 Å². The van der Waals surface area contributed by atoms with E-state index in [2.05, 4.69) is 0 Å². The Morgan fingerprint density at radius 3 is 0.859 bits per heavy atom. The molecule has 0 aromatic heterocycles. The Morgan fingerprint density at radius 1 is 0.273 bits per heavy atom. The second-order valence-corrected chi connectivity index (χ2v) is 22.4. The van der Waals surface area contributed by atoms with Gasteiger partial charge in [0.2, 0.25) is 0 Å². The van der Waals surface area contributed by atoms with Gasteiger partial charge < -0.3 is 76.2 Å². The van der Waals surface area contributed by atoms with Crippen LogP contribution in [0.25, 0.3) is 0 Å². The minimum absolute atomic E-state index is 0.000628. The van der Waals surface area contributed by atoms with Gasteiger partial charge in [0.15, 0.2) is 61.6 Å². The molecule has 3 fully saturated rings. The lowest BCUT2D eigenvalue weighted by Crippen LogP contribution is -2.69. The molecule has 3 aliphatic heterocycles. The molecular weight excluding hydrogens is 1290 g/mol. The van der Waals surface area contributed by atoms with Crippen molar-refractivity contribution in [1.29, 1.82) is 0 Å². The molecule has 99 heavy (non-hydrogen) atoms. The normalized spacial score (nSPS) is 24.7. The SMILES string of the molecule is CC(=O)OC[C@H]1O[C@@H](O)[C@H](OC(C)=O)[C@@H](O[C@@H]2O[C@H](COC(=O)c3ccccc3)[C@@H](O[C@@H]3O[C@H](COC(=O)c4ccccc4)[C@H](OC(=O)c4ccccc4)[C@H](OC(=O)c4ccccc4)[C@H]3OC(=O)c3ccccc3)[C@H](OC(=O)c3ccccc3)[C@H]2OC(=O)c2ccccc2)[C@@H]1OC(C)=O. The standard InChI is InChI=1S/C73H66O26/c1-42(74)85-39-52-55(88-43(2)75)58(61(71(84)90-52)89-44(3)76)99-73-63(97-70(83)51-37-23-10-24-38-51)60(95-68(81)49-33-19-8-20-34-49)57(54(92-73)41-87-65(78)46-27-13-5-14-28-46)98-72-62(96-69(82)50-35-21-9-22-36-50)59(94-67(80)48-31-17-7-18-32-48)56(93-66(79)47-29-15-6-16-30-47)53(91-72)40-86-64(77)45-25-11-4-12-26-45/h4-38,52-63,71-73,84H,39-41H2,1-3H3/t52-,53-,54-,55-,56+,57-,58+,59+,60+,61-,62-,63-,71-,72+,73+/m1/s1. The number of benzene rings is 7. The van der Waals surface area contributed by atoms with Crippen molar-refractivity contribution in [3.63, 3.8) is 0 Å². The van der Waals surface area contributed by atoms with Gasteiger partial charge in [-0.15, -0.1) is 0 Å². The number of aliphatic hydroxyl groups is 1. The third-order valence-corrected chi connectivity index (χ3v) is 15.5. The number of carbonyl (C=O) groups excluding carboxylic acids is 10. The van der Waals surface area contributed by atoms with E-state index >= 15 is 4.79 Å². The number of aliphatic hydroxyl groups excluding tert-OH is 1. The van der Waals surface area contributed by atoms with Crippen molar-refractivity contribution in [2.24, 2.45) is 0 Å². The molecule has 26 nitrogen and oxygen atoms in total. The van der Waals surface area contributed by atoms with Crippen LogP contribution < -0.4 is 0 Å². The van der Waals surface area contributed by atoms with Crippen LogP contribution in [-0.4, -0.2) is 177 Å². The summed E-state index contributed by atoms with van der Waals surface area (Å²) >= 11 is 0. The lowest BCUT2D eigenvalue weighted by atomic mass is 9.94. The Kier molecular flexibility index (Phi) is 24.2. The second kappa shape index (κ2) is 33.8. The molecule has 1 N–H and O–H groups in total. The number of hydrogen-bond donors (Lipinski definition) is 1. The smallest absolute Gasteiger partial charge is 0.338 e. The minimum atomic E-state index is -2.27. The van der Waals surface area contributed by atoms with Gasteiger partial charge in [-0.2, -0.15) is 0 Å². The fourth-order valence-corrected chi connectivity index (χ4v) is 10.9. The molecule has 3 heterocycles. The molecule has 7 aromatic rings. The van der Waals surface area contributed by atoms with E-state index in [1.165, 1.54) is 133 Å². The molecule has 3 saturated heterocycles. The molecule has 0 aliphatic carbocycles. The van der Waals surface area contributed by atoms with Crippen LogP contribution in [0.4, 0.5) is 0 Å². The summed E-state index contributed by atoms with van der Waals surface area (Å²) in [5.41, 5.74) is -0.404. The van der Waals surface area contributed by atoms with Gasteiger partial charge in [-0.3, -0.25) is 14.4 Å². The Balaban J connectivity index is 1.18. The Morgan fingerprint density at radius 2 is 0.525 bits per heavy atom. The van der Waals surface area contributed by atoms with Crippen LogP contribution in [0.3, 0.4) is 0 Å². The van der Waals surface area contributed by atoms with E-state index in [1.807, 2.05) is 0 Å². The van der Waals surface area contributed by atoms with E-state index in [1.54, 1.807) is 78.9 Å². The molecule has 15 atom stereocenters. The number of ether oxygens (including phenoxy) is 15. The topological polar surface area (TPSA) is 329 Å². The third-order valence-electron chi connectivity index (χ3n) is 15.5. The van der Waals surface area contributed by atoms with Gasteiger partial charge in [-0.25, -0.2) is 33.6 Å². The van der Waals surface area contributed by atoms with Crippen LogP contribution in [-0.2, 0) is 85.4 Å². The van der Waals surface area contributed by atoms with Gasteiger partial charge >= 0.3 is 59.7 Å². The number of carbonyl (C=O) groups is 10. The monoisotopic (exact) mass is 1360 g/mol. The minimum Gasteiger partial charge on any atom is -0.463 e. The van der Waals surface area contributed by atoms with Crippen molar-refractivity contribution < 1.29 is 124 Å². The Labute approximate surface area is 565 Å². The average Bonchev–Trinajstić information content (AvgIpc) is 0.761. The first-order chi connectivity index (χ1) is 47.9. The molecule has 7 aromatic carbocycles. The zero-order valence-corrected chi connectivity index (χ0v) is 53.1. The molecule has 0 bridgehead atoms. The molecule has 514 valence electrons. The summed E-state index contributed by atoms with van der Waals surface area (Å²) < 4.78 is 93.5. The van der Waals surface area contributed by atoms with Gasteiger partial charge in [0.25, 0.3) is 0 Å². The van der Waals surface area contributed by atoms with E-state index < -0.39 is 172 Å². The summed E-state index contributed by atoms with van der Waals surface area (Å²) in [7, 11) is 0. The summed E-state index contributed by atoms with van der Waals surface area (Å²) in [4.78, 5) is 141. The largest absolute Gasteiger partial charge is 0.463 e. The molecular formula is C73H66O26. The van der Waals surface area contributed by atoms with Gasteiger partial charge in [-0.05, 0) is 84.9 Å². The second-order valence-electron chi connectivity index (χ2n) is 22.4. The highest BCUT2D eigenvalue weighted by Gasteiger charge is 2.61. The summed E-state index contributed by atoms with van der Waals surface area (Å²) in [5, 5.41) is 11.7. The van der Waals surface area contributed by atoms with E-state index in [9.17, 15) is 48.3 Å². The maximum absolute atomic E-state index is 15.1. The number of hydrogen-bond acceptors (Lipinski definition) is 26. The zero-order chi connectivity index (χ0) is 70.0. The Hall–Kier alpha value is -11.0. The van der Waals surface area contributed by atoms with Crippen LogP contribution >= 0.6 is 0 Å². The van der Waals surface area contributed by atoms with E-state index in [4.69, 9.17) is 71.1 Å². The average molecular weight is 1360 g/mol. The molecule has 0 spiro atoms. The molecule has 10 rings (SSSR count). The van der Waals surface area contributed by atoms with Gasteiger partial charge in [0.1, 0.15) is 50.3 Å². The summed E-state index contributed by atoms with van der Waals surface area (Å²) in [6.45, 7) is 0.463. The lowest BCUT2D eigenvalue weighted by Gasteiger charge is -2.50. The van der Waals surface area contributed by atoms with Crippen molar-refractivity contribution >= 4 is 59.7 Å². The highest BCUT2D eigenvalue weighted by atomic mass is 16.8. The van der Waals surface area contributed by atoms with Crippen molar-refractivity contribution in [3.8, 4) is 0 Å². The first-order valence-electron chi connectivity index (χ1n) is 31.1. The van der Waals surface area contributed by atoms with Crippen molar-refractivity contribution in [2.75, 3.05) is 19.8 Å². The third kappa shape index (κ3) is 18.6. The van der Waals surface area contributed by atoms with E-state index in [0.29, 0.717) is 0 Å². The van der Waals surface area contributed by atoms with Gasteiger partial charge in [0.05, 0.1) is 38.9 Å². The van der Waals surface area contributed by atoms with Crippen molar-refractivity contribution in [1.82, 2.24) is 0 Å². The highest BCUT2D eigenvalue weighted by Crippen LogP contribution is 2.39. The molecule has 0 amide bonds. The molecule has 0 saturated carbocycles. The first-order valence-corrected chi connectivity index (χ1v) is 31.1. The molecule has 3 aliphatic rings. The van der Waals surface area contributed by atoms with Gasteiger partial charge in [0, 0.05) is 20.8 Å². The highest BCUT2D eigenvalue weighted by molar-refractivity contribution is 5.93. The van der Waals surface area contributed by atoms with Crippen LogP contribution in [0.1, 0.15) is 93.3 Å². The van der Waals surface area contributed by atoms with E-state index in [0.717, 1.165) is 20.8 Å². The maximum atomic E-state index is 15.1. The van der Waals surface area contributed by atoms with Crippen molar-refractivity contribution in [3.05, 3.63) is 251 Å². The van der Waals surface area contributed by atoms with E-state index in [-0.39, 0.29) is 38.9 Å². The predicted molar refractivity (Wildman–Crippen MR) is 337 cm³/mol. The van der Waals surface area contributed by atoms with Crippen LogP contribution in [0.15, 0.2) is 212 Å². The lowest BCUT2D eigenvalue weighted by molar-refractivity contribution is -0.376. The first kappa shape index (κ1) is 70.8. The zero-order valence-electron chi connectivity index (χ0n) is 53.1. The molecule has 0 radical (unpaired) electrons. The van der Waals surface area contributed by atoms with Gasteiger partial charge in [-0.1, -0.05) is 127 Å². The quantitative estimate of drug-likeness (QED) is 0.0462. The number of rotatable bonds is 24. The molecule has 0 unspecified atom stereocenters. The predicted octanol–water partition coefficient (Wildman–Crippen LogP) is 7.19. The molecule has 26 heteroatoms. The summed E-state index contributed by atoms with van der Waals surface area (Å²) in [6.07, 6.45) is -30.7. The van der Waals surface area contributed by atoms with Crippen LogP contribution in [0.2, 0.25) is 0 Å².